The van der Waals surface area contributed by atoms with Crippen molar-refractivity contribution in [2.75, 3.05) is 12.0 Å². The Labute approximate surface area is 180 Å². The Hall–Kier alpha value is -1.79. The second-order valence-corrected chi connectivity index (χ2v) is 8.56. The first-order valence-electron chi connectivity index (χ1n) is 9.40. The van der Waals surface area contributed by atoms with Crippen molar-refractivity contribution in [3.05, 3.63) is 70.2 Å². The molecule has 0 aliphatic heterocycles. The molecule has 0 spiro atoms. The van der Waals surface area contributed by atoms with Crippen molar-refractivity contribution in [2.24, 2.45) is 0 Å². The number of benzene rings is 2. The molecule has 0 aromatic heterocycles. The van der Waals surface area contributed by atoms with Crippen LogP contribution in [0.3, 0.4) is 0 Å². The number of carbonyl (C=O) groups excluding carboxylic acids is 2. The van der Waals surface area contributed by atoms with Crippen LogP contribution in [-0.2, 0) is 11.2 Å². The summed E-state index contributed by atoms with van der Waals surface area (Å²) in [6.45, 7) is 2.00. The highest BCUT2D eigenvalue weighted by molar-refractivity contribution is 9.10. The van der Waals surface area contributed by atoms with Gasteiger partial charge in [0.05, 0.1) is 5.56 Å². The fourth-order valence-electron chi connectivity index (χ4n) is 2.83. The molecule has 0 aliphatic rings. The van der Waals surface area contributed by atoms with E-state index in [2.05, 4.69) is 38.7 Å². The van der Waals surface area contributed by atoms with E-state index in [1.807, 2.05) is 49.6 Å². The zero-order chi connectivity index (χ0) is 20.4. The van der Waals surface area contributed by atoms with Gasteiger partial charge in [0.2, 0.25) is 5.91 Å². The van der Waals surface area contributed by atoms with Gasteiger partial charge in [-0.3, -0.25) is 9.59 Å². The number of nitrogens with one attached hydrogen (secondary N) is 2. The molecule has 150 valence electrons. The summed E-state index contributed by atoms with van der Waals surface area (Å²) in [5, 5.41) is 5.95. The third-order valence-corrected chi connectivity index (χ3v) is 5.78. The number of aryl methyl sites for hydroxylation is 1. The number of hydrogen-bond donors (Lipinski definition) is 2. The van der Waals surface area contributed by atoms with Gasteiger partial charge in [-0.1, -0.05) is 42.5 Å². The third kappa shape index (κ3) is 7.32. The molecule has 2 atom stereocenters. The normalized spacial score (nSPS) is 12.8. The van der Waals surface area contributed by atoms with Crippen LogP contribution >= 0.6 is 27.7 Å². The standard InChI is InChI=1S/C22H27BrN2O2S/c1-16(12-13-17-8-4-3-5-9-17)24-22(27)20(14-15-28-2)25-21(26)18-10-6-7-11-19(18)23/h3-11,16,20H,12-15H2,1-2H3,(H,24,27)(H,25,26)/t16-,20+/m0/s1. The minimum Gasteiger partial charge on any atom is -0.352 e. The largest absolute Gasteiger partial charge is 0.352 e. The topological polar surface area (TPSA) is 58.2 Å². The molecule has 0 unspecified atom stereocenters. The molecular formula is C22H27BrN2O2S. The molecule has 0 bridgehead atoms. The van der Waals surface area contributed by atoms with Crippen LogP contribution in [0.25, 0.3) is 0 Å². The zero-order valence-corrected chi connectivity index (χ0v) is 18.7. The fourth-order valence-corrected chi connectivity index (χ4v) is 3.77. The summed E-state index contributed by atoms with van der Waals surface area (Å²) in [4.78, 5) is 25.4. The third-order valence-electron chi connectivity index (χ3n) is 4.45. The van der Waals surface area contributed by atoms with E-state index >= 15 is 0 Å². The second-order valence-electron chi connectivity index (χ2n) is 6.72. The predicted molar refractivity (Wildman–Crippen MR) is 121 cm³/mol. The van der Waals surface area contributed by atoms with Crippen LogP contribution in [0.5, 0.6) is 0 Å². The average Bonchev–Trinajstić information content (AvgIpc) is 2.70. The lowest BCUT2D eigenvalue weighted by molar-refractivity contribution is -0.123. The van der Waals surface area contributed by atoms with Crippen molar-refractivity contribution in [3.63, 3.8) is 0 Å². The molecule has 0 aliphatic carbocycles. The minimum atomic E-state index is -0.550. The molecule has 0 heterocycles. The Balaban J connectivity index is 1.94. The van der Waals surface area contributed by atoms with Gasteiger partial charge >= 0.3 is 0 Å². The van der Waals surface area contributed by atoms with Crippen molar-refractivity contribution < 1.29 is 9.59 Å². The van der Waals surface area contributed by atoms with Gasteiger partial charge in [0, 0.05) is 10.5 Å². The summed E-state index contributed by atoms with van der Waals surface area (Å²) in [5.74, 6) is 0.424. The molecule has 2 N–H and O–H groups in total. The number of hydrogen-bond acceptors (Lipinski definition) is 3. The van der Waals surface area contributed by atoms with Crippen LogP contribution < -0.4 is 10.6 Å². The first-order chi connectivity index (χ1) is 13.5. The highest BCUT2D eigenvalue weighted by Gasteiger charge is 2.23. The Morgan fingerprint density at radius 2 is 1.68 bits per heavy atom. The van der Waals surface area contributed by atoms with E-state index in [-0.39, 0.29) is 17.9 Å². The van der Waals surface area contributed by atoms with Crippen LogP contribution in [0.2, 0.25) is 0 Å². The average molecular weight is 463 g/mol. The molecule has 0 saturated carbocycles. The van der Waals surface area contributed by atoms with Crippen LogP contribution in [-0.4, -0.2) is 35.9 Å². The van der Waals surface area contributed by atoms with Gasteiger partial charge in [0.15, 0.2) is 0 Å². The van der Waals surface area contributed by atoms with E-state index in [0.29, 0.717) is 16.5 Å². The van der Waals surface area contributed by atoms with Crippen molar-refractivity contribution in [2.45, 2.75) is 38.3 Å². The first-order valence-corrected chi connectivity index (χ1v) is 11.6. The fraction of sp³-hybridized carbons (Fsp3) is 0.364. The zero-order valence-electron chi connectivity index (χ0n) is 16.3. The molecule has 0 fully saturated rings. The van der Waals surface area contributed by atoms with Gasteiger partial charge < -0.3 is 10.6 Å². The van der Waals surface area contributed by atoms with Crippen molar-refractivity contribution in [1.29, 1.82) is 0 Å². The minimum absolute atomic E-state index is 0.0323. The van der Waals surface area contributed by atoms with E-state index < -0.39 is 6.04 Å². The maximum atomic E-state index is 12.8. The van der Waals surface area contributed by atoms with Crippen LogP contribution in [0, 0.1) is 0 Å². The highest BCUT2D eigenvalue weighted by atomic mass is 79.9. The molecule has 2 aromatic carbocycles. The van der Waals surface area contributed by atoms with Gasteiger partial charge in [-0.25, -0.2) is 0 Å². The molecule has 6 heteroatoms. The quantitative estimate of drug-likeness (QED) is 0.548. The van der Waals surface area contributed by atoms with Gasteiger partial charge in [0.1, 0.15) is 6.04 Å². The van der Waals surface area contributed by atoms with Crippen molar-refractivity contribution >= 4 is 39.5 Å². The summed E-state index contributed by atoms with van der Waals surface area (Å²) in [7, 11) is 0. The maximum Gasteiger partial charge on any atom is 0.253 e. The molecular weight excluding hydrogens is 436 g/mol. The molecule has 2 amide bonds. The predicted octanol–water partition coefficient (Wildman–Crippen LogP) is 4.44. The summed E-state index contributed by atoms with van der Waals surface area (Å²) in [6.07, 6.45) is 4.34. The Morgan fingerprint density at radius 1 is 1.00 bits per heavy atom. The molecule has 28 heavy (non-hydrogen) atoms. The maximum absolute atomic E-state index is 12.8. The van der Waals surface area contributed by atoms with Gasteiger partial charge in [0.25, 0.3) is 5.91 Å². The monoisotopic (exact) mass is 462 g/mol. The summed E-state index contributed by atoms with van der Waals surface area (Å²) >= 11 is 5.05. The lowest BCUT2D eigenvalue weighted by Crippen LogP contribution is -2.49. The first kappa shape index (κ1) is 22.5. The van der Waals surface area contributed by atoms with E-state index in [4.69, 9.17) is 0 Å². The molecule has 2 aromatic rings. The Kier molecular flexibility index (Phi) is 9.58. The van der Waals surface area contributed by atoms with Crippen molar-refractivity contribution in [1.82, 2.24) is 10.6 Å². The van der Waals surface area contributed by atoms with Crippen molar-refractivity contribution in [3.8, 4) is 0 Å². The number of rotatable bonds is 10. The lowest BCUT2D eigenvalue weighted by Gasteiger charge is -2.21. The van der Waals surface area contributed by atoms with E-state index in [0.717, 1.165) is 18.6 Å². The summed E-state index contributed by atoms with van der Waals surface area (Å²) in [5.41, 5.74) is 1.78. The number of amides is 2. The molecule has 0 saturated heterocycles. The highest BCUT2D eigenvalue weighted by Crippen LogP contribution is 2.16. The Morgan fingerprint density at radius 3 is 2.36 bits per heavy atom. The van der Waals surface area contributed by atoms with E-state index in [1.54, 1.807) is 17.8 Å². The number of halogens is 1. The molecule has 2 rings (SSSR count). The van der Waals surface area contributed by atoms with Gasteiger partial charge in [-0.2, -0.15) is 11.8 Å². The van der Waals surface area contributed by atoms with E-state index in [9.17, 15) is 9.59 Å². The molecule has 4 nitrogen and oxygen atoms in total. The van der Waals surface area contributed by atoms with E-state index in [1.165, 1.54) is 5.56 Å². The van der Waals surface area contributed by atoms with Gasteiger partial charge in [-0.05, 0) is 71.8 Å². The van der Waals surface area contributed by atoms with Crippen LogP contribution in [0.1, 0.15) is 35.7 Å². The number of thioether (sulfide) groups is 1. The summed E-state index contributed by atoms with van der Waals surface area (Å²) < 4.78 is 0.716. The van der Waals surface area contributed by atoms with Crippen LogP contribution in [0.15, 0.2) is 59.1 Å². The number of carbonyl (C=O) groups is 2. The molecule has 0 radical (unpaired) electrons. The van der Waals surface area contributed by atoms with Gasteiger partial charge in [-0.15, -0.1) is 0 Å². The lowest BCUT2D eigenvalue weighted by atomic mass is 10.1. The summed E-state index contributed by atoms with van der Waals surface area (Å²) in [6, 6.07) is 16.9. The van der Waals surface area contributed by atoms with Crippen LogP contribution in [0.4, 0.5) is 0 Å². The SMILES string of the molecule is CSCC[C@@H](NC(=O)c1ccccc1Br)C(=O)N[C@@H](C)CCc1ccccc1. The Bertz CT molecular complexity index is 770. The smallest absolute Gasteiger partial charge is 0.253 e. The second kappa shape index (κ2) is 11.9.